The summed E-state index contributed by atoms with van der Waals surface area (Å²) in [6.07, 6.45) is 4.68. The molecule has 21 heavy (non-hydrogen) atoms. The van der Waals surface area contributed by atoms with Crippen molar-refractivity contribution < 1.29 is 4.74 Å². The zero-order chi connectivity index (χ0) is 14.7. The molecule has 3 rings (SSSR count). The van der Waals surface area contributed by atoms with Crippen LogP contribution in [0.2, 0.25) is 5.02 Å². The van der Waals surface area contributed by atoms with Gasteiger partial charge in [0.2, 0.25) is 0 Å². The van der Waals surface area contributed by atoms with Crippen LogP contribution in [0.1, 0.15) is 11.3 Å². The highest BCUT2D eigenvalue weighted by Gasteiger charge is 2.08. The molecular weight excluding hydrogens is 286 g/mol. The largest absolute Gasteiger partial charge is 0.485 e. The SMILES string of the molecule is NCCc1cn2cccc(OCc3ccccc3Cl)c2n1. The molecule has 0 fully saturated rings. The maximum Gasteiger partial charge on any atom is 0.179 e. The molecule has 2 heterocycles. The molecule has 2 N–H and O–H groups in total. The van der Waals surface area contributed by atoms with Gasteiger partial charge in [0, 0.05) is 29.4 Å². The number of pyridine rings is 1. The first-order valence-corrected chi connectivity index (χ1v) is 7.18. The number of rotatable bonds is 5. The number of fused-ring (bicyclic) bond motifs is 1. The minimum atomic E-state index is 0.415. The number of imidazole rings is 1. The number of hydrogen-bond acceptors (Lipinski definition) is 3. The van der Waals surface area contributed by atoms with E-state index in [1.165, 1.54) is 0 Å². The summed E-state index contributed by atoms with van der Waals surface area (Å²) < 4.78 is 7.83. The topological polar surface area (TPSA) is 52.5 Å². The van der Waals surface area contributed by atoms with Crippen LogP contribution in [0.25, 0.3) is 5.65 Å². The van der Waals surface area contributed by atoms with Crippen LogP contribution >= 0.6 is 11.6 Å². The van der Waals surface area contributed by atoms with Crippen molar-refractivity contribution in [3.8, 4) is 5.75 Å². The van der Waals surface area contributed by atoms with Crippen molar-refractivity contribution in [3.05, 3.63) is 65.1 Å². The summed E-state index contributed by atoms with van der Waals surface area (Å²) in [7, 11) is 0. The molecule has 1 aromatic carbocycles. The monoisotopic (exact) mass is 301 g/mol. The third-order valence-electron chi connectivity index (χ3n) is 3.24. The van der Waals surface area contributed by atoms with Crippen molar-refractivity contribution in [1.82, 2.24) is 9.38 Å². The Bertz CT molecular complexity index is 754. The molecule has 0 amide bonds. The highest BCUT2D eigenvalue weighted by molar-refractivity contribution is 6.31. The first-order valence-electron chi connectivity index (χ1n) is 6.81. The summed E-state index contributed by atoms with van der Waals surface area (Å²) >= 11 is 6.14. The van der Waals surface area contributed by atoms with Gasteiger partial charge in [-0.1, -0.05) is 29.8 Å². The molecule has 0 radical (unpaired) electrons. The molecule has 108 valence electrons. The molecule has 0 bridgehead atoms. The second kappa shape index (κ2) is 6.16. The van der Waals surface area contributed by atoms with E-state index >= 15 is 0 Å². The van der Waals surface area contributed by atoms with Gasteiger partial charge in [-0.15, -0.1) is 0 Å². The standard InChI is InChI=1S/C16H16ClN3O/c17-14-5-2-1-4-12(14)11-21-15-6-3-9-20-10-13(7-8-18)19-16(15)20/h1-6,9-10H,7-8,11,18H2. The molecule has 0 aliphatic carbocycles. The molecule has 2 aromatic heterocycles. The number of nitrogens with zero attached hydrogens (tertiary/aromatic N) is 2. The number of hydrogen-bond donors (Lipinski definition) is 1. The van der Waals surface area contributed by atoms with Crippen molar-refractivity contribution in [1.29, 1.82) is 0 Å². The van der Waals surface area contributed by atoms with Gasteiger partial charge >= 0.3 is 0 Å². The summed E-state index contributed by atoms with van der Waals surface area (Å²) in [6.45, 7) is 0.998. The fourth-order valence-electron chi connectivity index (χ4n) is 2.19. The molecule has 3 aromatic rings. The van der Waals surface area contributed by atoms with Crippen LogP contribution in [-0.4, -0.2) is 15.9 Å². The molecule has 0 saturated carbocycles. The summed E-state index contributed by atoms with van der Waals surface area (Å²) in [5, 5.41) is 0.705. The Morgan fingerprint density at radius 3 is 2.86 bits per heavy atom. The van der Waals surface area contributed by atoms with E-state index in [-0.39, 0.29) is 0 Å². The lowest BCUT2D eigenvalue weighted by atomic mass is 10.2. The van der Waals surface area contributed by atoms with Crippen molar-refractivity contribution in [2.24, 2.45) is 5.73 Å². The highest BCUT2D eigenvalue weighted by Crippen LogP contribution is 2.22. The normalized spacial score (nSPS) is 11.0. The Kier molecular flexibility index (Phi) is 4.08. The average Bonchev–Trinajstić information content (AvgIpc) is 2.90. The number of halogens is 1. The van der Waals surface area contributed by atoms with Crippen LogP contribution in [0.15, 0.2) is 48.8 Å². The Balaban J connectivity index is 1.85. The van der Waals surface area contributed by atoms with Crippen molar-refractivity contribution in [2.75, 3.05) is 6.54 Å². The van der Waals surface area contributed by atoms with Gasteiger partial charge in [0.1, 0.15) is 6.61 Å². The van der Waals surface area contributed by atoms with Gasteiger partial charge in [-0.25, -0.2) is 4.98 Å². The van der Waals surface area contributed by atoms with E-state index < -0.39 is 0 Å². The van der Waals surface area contributed by atoms with E-state index in [1.54, 1.807) is 0 Å². The van der Waals surface area contributed by atoms with Crippen molar-refractivity contribution in [3.63, 3.8) is 0 Å². The van der Waals surface area contributed by atoms with Gasteiger partial charge in [0.05, 0.1) is 5.69 Å². The lowest BCUT2D eigenvalue weighted by Crippen LogP contribution is -2.02. The summed E-state index contributed by atoms with van der Waals surface area (Å²) in [4.78, 5) is 4.56. The minimum Gasteiger partial charge on any atom is -0.485 e. The third-order valence-corrected chi connectivity index (χ3v) is 3.61. The Morgan fingerprint density at radius 2 is 2.05 bits per heavy atom. The van der Waals surface area contributed by atoms with E-state index in [4.69, 9.17) is 22.1 Å². The van der Waals surface area contributed by atoms with E-state index in [0.717, 1.165) is 29.1 Å². The van der Waals surface area contributed by atoms with Crippen molar-refractivity contribution in [2.45, 2.75) is 13.0 Å². The molecule has 0 aliphatic heterocycles. The van der Waals surface area contributed by atoms with Gasteiger partial charge in [0.25, 0.3) is 0 Å². The molecule has 4 nitrogen and oxygen atoms in total. The minimum absolute atomic E-state index is 0.415. The predicted molar refractivity (Wildman–Crippen MR) is 83.7 cm³/mol. The van der Waals surface area contributed by atoms with Crippen LogP contribution in [0.5, 0.6) is 5.75 Å². The third kappa shape index (κ3) is 3.01. The first-order chi connectivity index (χ1) is 10.3. The Labute approximate surface area is 128 Å². The lowest BCUT2D eigenvalue weighted by molar-refractivity contribution is 0.308. The van der Waals surface area contributed by atoms with Crippen molar-refractivity contribution >= 4 is 17.2 Å². The zero-order valence-corrected chi connectivity index (χ0v) is 12.3. The fraction of sp³-hybridized carbons (Fsp3) is 0.188. The molecule has 0 unspecified atom stereocenters. The number of nitrogens with two attached hydrogens (primary N) is 1. The average molecular weight is 302 g/mol. The maximum atomic E-state index is 6.14. The molecule has 0 atom stereocenters. The van der Waals surface area contributed by atoms with Gasteiger partial charge < -0.3 is 14.9 Å². The van der Waals surface area contributed by atoms with E-state index in [9.17, 15) is 0 Å². The summed E-state index contributed by atoms with van der Waals surface area (Å²) in [5.74, 6) is 0.737. The first kappa shape index (κ1) is 13.9. The summed E-state index contributed by atoms with van der Waals surface area (Å²) in [5.41, 5.74) is 8.29. The zero-order valence-electron chi connectivity index (χ0n) is 11.5. The quantitative estimate of drug-likeness (QED) is 0.788. The predicted octanol–water partition coefficient (Wildman–Crippen LogP) is 3.07. The highest BCUT2D eigenvalue weighted by atomic mass is 35.5. The second-order valence-corrected chi connectivity index (χ2v) is 5.16. The van der Waals surface area contributed by atoms with Gasteiger partial charge in [-0.05, 0) is 24.7 Å². The lowest BCUT2D eigenvalue weighted by Gasteiger charge is -2.08. The maximum absolute atomic E-state index is 6.14. The smallest absolute Gasteiger partial charge is 0.179 e. The number of aromatic nitrogens is 2. The van der Waals surface area contributed by atoms with Crippen LogP contribution in [-0.2, 0) is 13.0 Å². The Morgan fingerprint density at radius 1 is 1.19 bits per heavy atom. The van der Waals surface area contributed by atoms with Gasteiger partial charge in [-0.3, -0.25) is 0 Å². The molecule has 0 saturated heterocycles. The molecule has 0 aliphatic rings. The van der Waals surface area contributed by atoms with Crippen LogP contribution < -0.4 is 10.5 Å². The van der Waals surface area contributed by atoms with Gasteiger partial charge in [-0.2, -0.15) is 0 Å². The number of ether oxygens (including phenoxy) is 1. The van der Waals surface area contributed by atoms with E-state index in [2.05, 4.69) is 4.98 Å². The molecule has 5 heteroatoms. The number of benzene rings is 1. The van der Waals surface area contributed by atoms with E-state index in [0.29, 0.717) is 18.2 Å². The van der Waals surface area contributed by atoms with Crippen LogP contribution in [0.3, 0.4) is 0 Å². The van der Waals surface area contributed by atoms with Crippen LogP contribution in [0, 0.1) is 0 Å². The second-order valence-electron chi connectivity index (χ2n) is 4.75. The Hall–Kier alpha value is -2.04. The summed E-state index contributed by atoms with van der Waals surface area (Å²) in [6, 6.07) is 11.5. The molecular formula is C16H16ClN3O. The van der Waals surface area contributed by atoms with Crippen LogP contribution in [0.4, 0.5) is 0 Å². The van der Waals surface area contributed by atoms with E-state index in [1.807, 2.05) is 53.2 Å². The fourth-order valence-corrected chi connectivity index (χ4v) is 2.38. The van der Waals surface area contributed by atoms with Gasteiger partial charge in [0.15, 0.2) is 11.4 Å². The molecule has 0 spiro atoms.